The summed E-state index contributed by atoms with van der Waals surface area (Å²) in [4.78, 5) is 3.63. The van der Waals surface area contributed by atoms with E-state index in [0.29, 0.717) is 6.04 Å². The highest BCUT2D eigenvalue weighted by molar-refractivity contribution is 7.98. The number of likely N-dealkylation sites (tertiary alicyclic amines) is 1. The van der Waals surface area contributed by atoms with E-state index in [4.69, 9.17) is 4.74 Å². The molecule has 0 amide bonds. The lowest BCUT2D eigenvalue weighted by Crippen LogP contribution is -2.37. The van der Waals surface area contributed by atoms with Crippen molar-refractivity contribution < 1.29 is 9.84 Å². The molecule has 1 unspecified atom stereocenters. The summed E-state index contributed by atoms with van der Waals surface area (Å²) in [6.07, 6.45) is 4.97. The summed E-state index contributed by atoms with van der Waals surface area (Å²) in [6, 6.07) is 6.77. The number of methoxy groups -OCH3 is 1. The highest BCUT2D eigenvalue weighted by Crippen LogP contribution is 2.30. The molecule has 0 radical (unpaired) electrons. The highest BCUT2D eigenvalue weighted by atomic mass is 32.2. The van der Waals surface area contributed by atoms with E-state index in [-0.39, 0.29) is 6.10 Å². The molecular formula is C18H30N2O2S. The van der Waals surface area contributed by atoms with Crippen LogP contribution in [-0.2, 0) is 0 Å². The zero-order chi connectivity index (χ0) is 16.7. The summed E-state index contributed by atoms with van der Waals surface area (Å²) in [6.45, 7) is 6.38. The zero-order valence-electron chi connectivity index (χ0n) is 14.5. The largest absolute Gasteiger partial charge is 0.496 e. The first-order valence-electron chi connectivity index (χ1n) is 8.49. The number of nitrogens with one attached hydrogen (secondary N) is 1. The fourth-order valence-electron chi connectivity index (χ4n) is 3.00. The van der Waals surface area contributed by atoms with Crippen LogP contribution in [0.1, 0.15) is 37.8 Å². The maximum atomic E-state index is 9.53. The number of thioether (sulfide) groups is 1. The van der Waals surface area contributed by atoms with Gasteiger partial charge >= 0.3 is 0 Å². The summed E-state index contributed by atoms with van der Waals surface area (Å²) in [5.74, 6) is 0.954. The lowest BCUT2D eigenvalue weighted by Gasteiger charge is -2.29. The Morgan fingerprint density at radius 1 is 1.39 bits per heavy atom. The first-order valence-corrected chi connectivity index (χ1v) is 9.72. The molecule has 0 spiro atoms. The molecule has 1 aromatic carbocycles. The van der Waals surface area contributed by atoms with E-state index in [1.807, 2.05) is 0 Å². The number of hydrogen-bond acceptors (Lipinski definition) is 5. The van der Waals surface area contributed by atoms with Gasteiger partial charge in [0.25, 0.3) is 0 Å². The van der Waals surface area contributed by atoms with Crippen LogP contribution in [0.5, 0.6) is 5.75 Å². The monoisotopic (exact) mass is 338 g/mol. The predicted molar refractivity (Wildman–Crippen MR) is 97.5 cm³/mol. The quantitative estimate of drug-likeness (QED) is 0.564. The molecule has 2 N–H and O–H groups in total. The van der Waals surface area contributed by atoms with Crippen LogP contribution in [0.2, 0.25) is 0 Å². The van der Waals surface area contributed by atoms with E-state index in [2.05, 4.69) is 41.6 Å². The second-order valence-corrected chi connectivity index (χ2v) is 7.06. The molecule has 130 valence electrons. The maximum Gasteiger partial charge on any atom is 0.132 e. The molecule has 1 aromatic rings. The SMILES string of the molecule is COc1cc(C(C)NCCCN2CCC(O)CC2)ccc1SC. The van der Waals surface area contributed by atoms with Crippen LogP contribution in [0, 0.1) is 0 Å². The Kier molecular flexibility index (Phi) is 7.70. The van der Waals surface area contributed by atoms with E-state index in [1.165, 1.54) is 10.5 Å². The predicted octanol–water partition coefficient (Wildman–Crippen LogP) is 2.91. The van der Waals surface area contributed by atoms with Crippen molar-refractivity contribution in [3.8, 4) is 5.75 Å². The molecule has 0 bridgehead atoms. The minimum Gasteiger partial charge on any atom is -0.496 e. The second-order valence-electron chi connectivity index (χ2n) is 6.22. The molecule has 2 rings (SSSR count). The number of benzene rings is 1. The Balaban J connectivity index is 1.73. The van der Waals surface area contributed by atoms with E-state index >= 15 is 0 Å². The molecule has 23 heavy (non-hydrogen) atoms. The third kappa shape index (κ3) is 5.68. The molecule has 4 nitrogen and oxygen atoms in total. The Morgan fingerprint density at radius 2 is 2.13 bits per heavy atom. The molecule has 0 aliphatic carbocycles. The standard InChI is InChI=1S/C18H30N2O2S/c1-14(15-5-6-18(23-3)17(13-15)22-2)19-9-4-10-20-11-7-16(21)8-12-20/h5-6,13-14,16,19,21H,4,7-12H2,1-3H3. The molecule has 1 fully saturated rings. The van der Waals surface area contributed by atoms with Crippen molar-refractivity contribution >= 4 is 11.8 Å². The van der Waals surface area contributed by atoms with Gasteiger partial charge in [-0.1, -0.05) is 6.07 Å². The fraction of sp³-hybridized carbons (Fsp3) is 0.667. The Labute approximate surface area is 144 Å². The van der Waals surface area contributed by atoms with Gasteiger partial charge < -0.3 is 20.1 Å². The number of piperidine rings is 1. The van der Waals surface area contributed by atoms with Gasteiger partial charge in [-0.3, -0.25) is 0 Å². The van der Waals surface area contributed by atoms with Crippen LogP contribution >= 0.6 is 11.8 Å². The molecule has 0 aromatic heterocycles. The number of rotatable bonds is 8. The van der Waals surface area contributed by atoms with E-state index in [1.54, 1.807) is 18.9 Å². The van der Waals surface area contributed by atoms with Gasteiger partial charge in [-0.15, -0.1) is 11.8 Å². The molecule has 5 heteroatoms. The van der Waals surface area contributed by atoms with Gasteiger partial charge in [0.1, 0.15) is 5.75 Å². The minimum absolute atomic E-state index is 0.0800. The zero-order valence-corrected chi connectivity index (χ0v) is 15.4. The number of aliphatic hydroxyl groups excluding tert-OH is 1. The van der Waals surface area contributed by atoms with E-state index < -0.39 is 0 Å². The van der Waals surface area contributed by atoms with Gasteiger partial charge in [-0.05, 0) is 63.2 Å². The maximum absolute atomic E-state index is 9.53. The summed E-state index contributed by atoms with van der Waals surface area (Å²) in [5, 5.41) is 13.1. The third-order valence-electron chi connectivity index (χ3n) is 4.57. The average molecular weight is 339 g/mol. The summed E-state index contributed by atoms with van der Waals surface area (Å²) >= 11 is 1.71. The van der Waals surface area contributed by atoms with Crippen molar-refractivity contribution in [1.82, 2.24) is 10.2 Å². The van der Waals surface area contributed by atoms with Crippen LogP contribution in [0.15, 0.2) is 23.1 Å². The number of hydrogen-bond donors (Lipinski definition) is 2. The van der Waals surface area contributed by atoms with Crippen LogP contribution in [0.4, 0.5) is 0 Å². The van der Waals surface area contributed by atoms with Crippen LogP contribution in [0.25, 0.3) is 0 Å². The average Bonchev–Trinajstić information content (AvgIpc) is 2.59. The first-order chi connectivity index (χ1) is 11.1. The highest BCUT2D eigenvalue weighted by Gasteiger charge is 2.16. The summed E-state index contributed by atoms with van der Waals surface area (Å²) < 4.78 is 5.46. The van der Waals surface area contributed by atoms with Crippen molar-refractivity contribution in [3.05, 3.63) is 23.8 Å². The molecule has 1 atom stereocenters. The number of nitrogens with zero attached hydrogens (tertiary/aromatic N) is 1. The lowest BCUT2D eigenvalue weighted by molar-refractivity contribution is 0.0820. The molecule has 1 aliphatic rings. The van der Waals surface area contributed by atoms with Crippen molar-refractivity contribution in [3.63, 3.8) is 0 Å². The van der Waals surface area contributed by atoms with Crippen molar-refractivity contribution in [2.45, 2.75) is 43.2 Å². The second kappa shape index (κ2) is 9.52. The van der Waals surface area contributed by atoms with Crippen molar-refractivity contribution in [2.24, 2.45) is 0 Å². The summed E-state index contributed by atoms with van der Waals surface area (Å²) in [5.41, 5.74) is 1.26. The third-order valence-corrected chi connectivity index (χ3v) is 5.34. The van der Waals surface area contributed by atoms with Crippen molar-refractivity contribution in [2.75, 3.05) is 39.5 Å². The summed E-state index contributed by atoms with van der Waals surface area (Å²) in [7, 11) is 1.73. The Morgan fingerprint density at radius 3 is 2.78 bits per heavy atom. The fourth-order valence-corrected chi connectivity index (χ4v) is 3.55. The normalized spacial score (nSPS) is 18.1. The number of ether oxygens (including phenoxy) is 1. The lowest BCUT2D eigenvalue weighted by atomic mass is 10.1. The van der Waals surface area contributed by atoms with Crippen molar-refractivity contribution in [1.29, 1.82) is 0 Å². The van der Waals surface area contributed by atoms with Crippen LogP contribution in [-0.4, -0.2) is 55.7 Å². The number of aliphatic hydroxyl groups is 1. The van der Waals surface area contributed by atoms with Gasteiger partial charge in [-0.25, -0.2) is 0 Å². The Hall–Kier alpha value is -0.750. The Bertz CT molecular complexity index is 476. The molecule has 1 saturated heterocycles. The van der Waals surface area contributed by atoms with E-state index in [9.17, 15) is 5.11 Å². The van der Waals surface area contributed by atoms with Gasteiger partial charge in [0.05, 0.1) is 13.2 Å². The topological polar surface area (TPSA) is 44.7 Å². The van der Waals surface area contributed by atoms with Crippen LogP contribution in [0.3, 0.4) is 0 Å². The molecular weight excluding hydrogens is 308 g/mol. The first kappa shape index (κ1) is 18.6. The van der Waals surface area contributed by atoms with Gasteiger partial charge in [0.2, 0.25) is 0 Å². The molecule has 0 saturated carbocycles. The minimum atomic E-state index is -0.0800. The van der Waals surface area contributed by atoms with Gasteiger partial charge in [0, 0.05) is 24.0 Å². The molecule has 1 aliphatic heterocycles. The van der Waals surface area contributed by atoms with E-state index in [0.717, 1.165) is 51.2 Å². The van der Waals surface area contributed by atoms with Crippen LogP contribution < -0.4 is 10.1 Å². The van der Waals surface area contributed by atoms with Gasteiger partial charge in [0.15, 0.2) is 0 Å². The molecule has 1 heterocycles. The van der Waals surface area contributed by atoms with Gasteiger partial charge in [-0.2, -0.15) is 0 Å². The smallest absolute Gasteiger partial charge is 0.132 e.